The summed E-state index contributed by atoms with van der Waals surface area (Å²) in [5.74, 6) is -0.194. The molecule has 4 heteroatoms. The van der Waals surface area contributed by atoms with E-state index < -0.39 is 0 Å². The molecule has 0 fully saturated rings. The van der Waals surface area contributed by atoms with Gasteiger partial charge in [-0.2, -0.15) is 0 Å². The summed E-state index contributed by atoms with van der Waals surface area (Å²) in [6, 6.07) is 6.58. The first-order valence-electron chi connectivity index (χ1n) is 4.84. The Bertz CT molecular complexity index is 433. The van der Waals surface area contributed by atoms with E-state index in [0.717, 1.165) is 24.1 Å². The number of nitrogens with zero attached hydrogens (tertiary/aromatic N) is 3. The lowest BCUT2D eigenvalue weighted by Gasteiger charge is -2.01. The Hall–Kier alpha value is -1.71. The number of halogens is 1. The highest BCUT2D eigenvalue weighted by atomic mass is 19.1. The van der Waals surface area contributed by atoms with Crippen LogP contribution in [0.5, 0.6) is 0 Å². The predicted molar refractivity (Wildman–Crippen MR) is 54.8 cm³/mol. The summed E-state index contributed by atoms with van der Waals surface area (Å²) in [6.45, 7) is 0. The second-order valence-corrected chi connectivity index (χ2v) is 3.48. The van der Waals surface area contributed by atoms with Gasteiger partial charge in [0.05, 0.1) is 11.9 Å². The molecule has 0 bridgehead atoms. The molecule has 78 valence electrons. The fourth-order valence-electron chi connectivity index (χ4n) is 1.46. The van der Waals surface area contributed by atoms with Gasteiger partial charge in [-0.15, -0.1) is 5.10 Å². The molecule has 0 N–H and O–H groups in total. The minimum atomic E-state index is -0.194. The van der Waals surface area contributed by atoms with E-state index in [2.05, 4.69) is 10.3 Å². The Morgan fingerprint density at radius 3 is 2.53 bits per heavy atom. The summed E-state index contributed by atoms with van der Waals surface area (Å²) in [5, 5.41) is 7.65. The lowest BCUT2D eigenvalue weighted by atomic mass is 10.1. The van der Waals surface area contributed by atoms with Crippen LogP contribution >= 0.6 is 0 Å². The number of aromatic nitrogens is 3. The second-order valence-electron chi connectivity index (χ2n) is 3.48. The molecule has 15 heavy (non-hydrogen) atoms. The Labute approximate surface area is 87.5 Å². The zero-order valence-corrected chi connectivity index (χ0v) is 8.52. The number of benzene rings is 1. The van der Waals surface area contributed by atoms with Gasteiger partial charge in [0, 0.05) is 7.05 Å². The summed E-state index contributed by atoms with van der Waals surface area (Å²) in [5.41, 5.74) is 2.21. The first-order valence-corrected chi connectivity index (χ1v) is 4.84. The van der Waals surface area contributed by atoms with Crippen molar-refractivity contribution < 1.29 is 4.39 Å². The van der Waals surface area contributed by atoms with Gasteiger partial charge in [-0.1, -0.05) is 17.3 Å². The number of rotatable bonds is 3. The quantitative estimate of drug-likeness (QED) is 0.764. The highest BCUT2D eigenvalue weighted by molar-refractivity contribution is 5.17. The van der Waals surface area contributed by atoms with Gasteiger partial charge in [0.2, 0.25) is 0 Å². The van der Waals surface area contributed by atoms with Gasteiger partial charge in [-0.05, 0) is 30.5 Å². The van der Waals surface area contributed by atoms with E-state index in [0.29, 0.717) is 0 Å². The fraction of sp³-hybridized carbons (Fsp3) is 0.273. The molecule has 0 spiro atoms. The minimum absolute atomic E-state index is 0.194. The fourth-order valence-corrected chi connectivity index (χ4v) is 1.46. The van der Waals surface area contributed by atoms with Gasteiger partial charge in [0.1, 0.15) is 5.82 Å². The average Bonchev–Trinajstić information content (AvgIpc) is 2.63. The second kappa shape index (κ2) is 4.21. The first kappa shape index (κ1) is 9.83. The Kier molecular flexibility index (Phi) is 2.76. The van der Waals surface area contributed by atoms with E-state index in [1.54, 1.807) is 23.0 Å². The first-order chi connectivity index (χ1) is 7.25. The van der Waals surface area contributed by atoms with Crippen molar-refractivity contribution in [2.75, 3.05) is 0 Å². The van der Waals surface area contributed by atoms with Crippen LogP contribution in [0.25, 0.3) is 0 Å². The van der Waals surface area contributed by atoms with Crippen LogP contribution in [0.15, 0.2) is 30.5 Å². The number of aryl methyl sites for hydroxylation is 3. The standard InChI is InChI=1S/C11H12FN3/c1-15-11(8-13-14-15)7-4-9-2-5-10(12)6-3-9/h2-3,5-6,8H,4,7H2,1H3. The third-order valence-corrected chi connectivity index (χ3v) is 2.39. The molecular weight excluding hydrogens is 193 g/mol. The van der Waals surface area contributed by atoms with Crippen molar-refractivity contribution in [3.63, 3.8) is 0 Å². The predicted octanol–water partition coefficient (Wildman–Crippen LogP) is 1.74. The molecule has 0 unspecified atom stereocenters. The normalized spacial score (nSPS) is 10.5. The maximum absolute atomic E-state index is 12.6. The molecule has 3 nitrogen and oxygen atoms in total. The van der Waals surface area contributed by atoms with E-state index >= 15 is 0 Å². The lowest BCUT2D eigenvalue weighted by Crippen LogP contribution is -2.00. The Balaban J connectivity index is 1.99. The van der Waals surface area contributed by atoms with Gasteiger partial charge < -0.3 is 0 Å². The van der Waals surface area contributed by atoms with Crippen LogP contribution in [0.3, 0.4) is 0 Å². The van der Waals surface area contributed by atoms with Crippen molar-refractivity contribution in [1.29, 1.82) is 0 Å². The van der Waals surface area contributed by atoms with Gasteiger partial charge in [-0.3, -0.25) is 4.68 Å². The van der Waals surface area contributed by atoms with Crippen LogP contribution in [0, 0.1) is 5.82 Å². The van der Waals surface area contributed by atoms with Gasteiger partial charge in [0.15, 0.2) is 0 Å². The minimum Gasteiger partial charge on any atom is -0.252 e. The van der Waals surface area contributed by atoms with Gasteiger partial charge in [-0.25, -0.2) is 4.39 Å². The molecule has 0 saturated carbocycles. The highest BCUT2D eigenvalue weighted by Gasteiger charge is 2.00. The SMILES string of the molecule is Cn1nncc1CCc1ccc(F)cc1. The Morgan fingerprint density at radius 1 is 1.20 bits per heavy atom. The number of hydrogen-bond acceptors (Lipinski definition) is 2. The van der Waals surface area contributed by atoms with Crippen LogP contribution in [0.4, 0.5) is 4.39 Å². The molecule has 2 rings (SSSR count). The smallest absolute Gasteiger partial charge is 0.123 e. The summed E-state index contributed by atoms with van der Waals surface area (Å²) < 4.78 is 14.4. The van der Waals surface area contributed by atoms with Crippen LogP contribution in [0.2, 0.25) is 0 Å². The van der Waals surface area contributed by atoms with E-state index in [1.165, 1.54) is 12.1 Å². The maximum Gasteiger partial charge on any atom is 0.123 e. The molecule has 0 atom stereocenters. The largest absolute Gasteiger partial charge is 0.252 e. The third kappa shape index (κ3) is 2.40. The molecule has 0 aliphatic rings. The third-order valence-electron chi connectivity index (χ3n) is 2.39. The molecule has 2 aromatic rings. The monoisotopic (exact) mass is 205 g/mol. The van der Waals surface area contributed by atoms with Crippen molar-refractivity contribution in [2.24, 2.45) is 7.05 Å². The topological polar surface area (TPSA) is 30.7 Å². The molecule has 1 aromatic carbocycles. The molecule has 0 radical (unpaired) electrons. The molecule has 0 aliphatic carbocycles. The van der Waals surface area contributed by atoms with E-state index in [-0.39, 0.29) is 5.82 Å². The van der Waals surface area contributed by atoms with Crippen LogP contribution in [-0.2, 0) is 19.9 Å². The van der Waals surface area contributed by atoms with Crippen molar-refractivity contribution >= 4 is 0 Å². The number of hydrogen-bond donors (Lipinski definition) is 0. The summed E-state index contributed by atoms with van der Waals surface area (Å²) in [7, 11) is 1.87. The van der Waals surface area contributed by atoms with Gasteiger partial charge in [0.25, 0.3) is 0 Å². The van der Waals surface area contributed by atoms with Crippen molar-refractivity contribution in [2.45, 2.75) is 12.8 Å². The van der Waals surface area contributed by atoms with E-state index in [4.69, 9.17) is 0 Å². The van der Waals surface area contributed by atoms with Crippen molar-refractivity contribution in [1.82, 2.24) is 15.0 Å². The average molecular weight is 205 g/mol. The molecule has 1 heterocycles. The lowest BCUT2D eigenvalue weighted by molar-refractivity contribution is 0.626. The zero-order chi connectivity index (χ0) is 10.7. The van der Waals surface area contributed by atoms with Crippen molar-refractivity contribution in [3.8, 4) is 0 Å². The van der Waals surface area contributed by atoms with Crippen LogP contribution < -0.4 is 0 Å². The molecule has 0 amide bonds. The van der Waals surface area contributed by atoms with Gasteiger partial charge >= 0.3 is 0 Å². The summed E-state index contributed by atoms with van der Waals surface area (Å²) >= 11 is 0. The van der Waals surface area contributed by atoms with Crippen molar-refractivity contribution in [3.05, 3.63) is 47.5 Å². The molecule has 0 aliphatic heterocycles. The van der Waals surface area contributed by atoms with Crippen LogP contribution in [0.1, 0.15) is 11.3 Å². The van der Waals surface area contributed by atoms with Crippen LogP contribution in [-0.4, -0.2) is 15.0 Å². The molecule has 1 aromatic heterocycles. The van der Waals surface area contributed by atoms with E-state index in [9.17, 15) is 4.39 Å². The molecule has 0 saturated heterocycles. The summed E-state index contributed by atoms with van der Waals surface area (Å²) in [6.07, 6.45) is 3.50. The van der Waals surface area contributed by atoms with E-state index in [1.807, 2.05) is 7.05 Å². The maximum atomic E-state index is 12.6. The molecular formula is C11H12FN3. The Morgan fingerprint density at radius 2 is 1.93 bits per heavy atom. The highest BCUT2D eigenvalue weighted by Crippen LogP contribution is 2.06. The zero-order valence-electron chi connectivity index (χ0n) is 8.52. The summed E-state index contributed by atoms with van der Waals surface area (Å²) in [4.78, 5) is 0.